The average Bonchev–Trinajstić information content (AvgIpc) is 2.57. The van der Waals surface area contributed by atoms with Crippen molar-refractivity contribution in [2.75, 3.05) is 0 Å². The molecule has 0 amide bonds. The van der Waals surface area contributed by atoms with Gasteiger partial charge in [-0.25, -0.2) is 0 Å². The molecule has 1 heteroatoms. The van der Waals surface area contributed by atoms with Gasteiger partial charge in [-0.2, -0.15) is 5.26 Å². The maximum atomic E-state index is 8.46. The number of hydrogen-bond acceptors (Lipinski definition) is 1. The Morgan fingerprint density at radius 1 is 0.522 bits per heavy atom. The number of rotatable bonds is 19. The predicted octanol–water partition coefficient (Wildman–Crippen LogP) is 8.11. The minimum Gasteiger partial charge on any atom is -0.198 e. The lowest BCUT2D eigenvalue weighted by Crippen LogP contribution is -1.84. The topological polar surface area (TPSA) is 23.8 Å². The molecular weight excluding hydrogens is 278 g/mol. The van der Waals surface area contributed by atoms with Crippen molar-refractivity contribution in [1.82, 2.24) is 0 Å². The van der Waals surface area contributed by atoms with Gasteiger partial charge in [0.1, 0.15) is 0 Å². The van der Waals surface area contributed by atoms with Gasteiger partial charge < -0.3 is 0 Å². The molecule has 0 bridgehead atoms. The second-order valence-electron chi connectivity index (χ2n) is 7.00. The van der Waals surface area contributed by atoms with Crippen LogP contribution >= 0.6 is 0 Å². The first-order chi connectivity index (χ1) is 11.4. The van der Waals surface area contributed by atoms with Gasteiger partial charge in [0.15, 0.2) is 0 Å². The van der Waals surface area contributed by atoms with Crippen molar-refractivity contribution < 1.29 is 0 Å². The molecule has 0 radical (unpaired) electrons. The molecule has 0 fully saturated rings. The fraction of sp³-hybridized carbons (Fsp3) is 0.864. The lowest BCUT2D eigenvalue weighted by atomic mass is 10.0. The zero-order valence-electron chi connectivity index (χ0n) is 15.7. The first kappa shape index (κ1) is 22.2. The van der Waals surface area contributed by atoms with Gasteiger partial charge in [-0.1, -0.05) is 102 Å². The Labute approximate surface area is 146 Å². The van der Waals surface area contributed by atoms with E-state index < -0.39 is 0 Å². The van der Waals surface area contributed by atoms with Crippen LogP contribution in [0.4, 0.5) is 0 Å². The molecule has 0 atom stereocenters. The summed E-state index contributed by atoms with van der Waals surface area (Å²) >= 11 is 0. The van der Waals surface area contributed by atoms with Crippen molar-refractivity contribution in [3.8, 4) is 6.07 Å². The monoisotopic (exact) mass is 319 g/mol. The Kier molecular flexibility index (Phi) is 20.5. The number of hydrogen-bond donors (Lipinski definition) is 0. The highest BCUT2D eigenvalue weighted by atomic mass is 14.2. The van der Waals surface area contributed by atoms with Gasteiger partial charge in [-0.15, -0.1) is 6.58 Å². The van der Waals surface area contributed by atoms with E-state index in [1.54, 1.807) is 0 Å². The van der Waals surface area contributed by atoms with E-state index in [2.05, 4.69) is 12.6 Å². The summed E-state index contributed by atoms with van der Waals surface area (Å²) in [5, 5.41) is 8.46. The van der Waals surface area contributed by atoms with E-state index in [0.29, 0.717) is 0 Å². The molecule has 0 aromatic carbocycles. The van der Waals surface area contributed by atoms with Crippen LogP contribution in [0.15, 0.2) is 12.7 Å². The quantitative estimate of drug-likeness (QED) is 0.174. The molecule has 23 heavy (non-hydrogen) atoms. The molecule has 0 heterocycles. The molecule has 134 valence electrons. The standard InChI is InChI=1S/C22H41N/c1-2-3-4-5-6-7-8-9-10-11-12-13-14-15-16-17-18-19-20-21-22-23/h2H,1,3-21H2. The van der Waals surface area contributed by atoms with E-state index in [9.17, 15) is 0 Å². The van der Waals surface area contributed by atoms with Crippen molar-refractivity contribution in [1.29, 1.82) is 5.26 Å². The lowest BCUT2D eigenvalue weighted by molar-refractivity contribution is 0.526. The summed E-state index contributed by atoms with van der Waals surface area (Å²) in [6.45, 7) is 3.77. The molecule has 0 spiro atoms. The maximum absolute atomic E-state index is 8.46. The number of unbranched alkanes of at least 4 members (excludes halogenated alkanes) is 18. The zero-order valence-corrected chi connectivity index (χ0v) is 15.7. The fourth-order valence-corrected chi connectivity index (χ4v) is 3.14. The summed E-state index contributed by atoms with van der Waals surface area (Å²) in [4.78, 5) is 0. The van der Waals surface area contributed by atoms with Gasteiger partial charge in [0, 0.05) is 6.42 Å². The Morgan fingerprint density at radius 3 is 1.13 bits per heavy atom. The summed E-state index contributed by atoms with van der Waals surface area (Å²) in [5.41, 5.74) is 0. The highest BCUT2D eigenvalue weighted by Gasteiger charge is 1.95. The van der Waals surface area contributed by atoms with Gasteiger partial charge in [-0.3, -0.25) is 0 Å². The molecule has 0 unspecified atom stereocenters. The van der Waals surface area contributed by atoms with Crippen LogP contribution in [0.25, 0.3) is 0 Å². The van der Waals surface area contributed by atoms with Crippen LogP contribution in [0, 0.1) is 11.3 Å². The van der Waals surface area contributed by atoms with E-state index in [-0.39, 0.29) is 0 Å². The third-order valence-corrected chi connectivity index (χ3v) is 4.70. The Morgan fingerprint density at radius 2 is 0.826 bits per heavy atom. The van der Waals surface area contributed by atoms with Gasteiger partial charge >= 0.3 is 0 Å². The highest BCUT2D eigenvalue weighted by molar-refractivity contribution is 4.67. The maximum Gasteiger partial charge on any atom is 0.0621 e. The molecule has 0 N–H and O–H groups in total. The summed E-state index contributed by atoms with van der Waals surface area (Å²) in [5.74, 6) is 0. The van der Waals surface area contributed by atoms with Gasteiger partial charge in [0.05, 0.1) is 6.07 Å². The summed E-state index contributed by atoms with van der Waals surface area (Å²) in [6, 6.07) is 2.22. The zero-order chi connectivity index (χ0) is 16.8. The van der Waals surface area contributed by atoms with Crippen LogP contribution in [-0.4, -0.2) is 0 Å². The average molecular weight is 320 g/mol. The van der Waals surface area contributed by atoms with Crippen molar-refractivity contribution >= 4 is 0 Å². The number of nitrogens with zero attached hydrogens (tertiary/aromatic N) is 1. The molecule has 0 rings (SSSR count). The Bertz CT molecular complexity index is 264. The summed E-state index contributed by atoms with van der Waals surface area (Å²) < 4.78 is 0. The minimum atomic E-state index is 0.745. The van der Waals surface area contributed by atoms with Crippen LogP contribution in [0.3, 0.4) is 0 Å². The SMILES string of the molecule is C=CCCCCCCCCCCCCCCCCCCCC#N. The molecule has 0 aliphatic rings. The molecule has 0 aromatic heterocycles. The Hall–Kier alpha value is -0.770. The minimum absolute atomic E-state index is 0.745. The second-order valence-corrected chi connectivity index (χ2v) is 7.00. The van der Waals surface area contributed by atoms with Crippen molar-refractivity contribution in [2.45, 2.75) is 122 Å². The lowest BCUT2D eigenvalue weighted by Gasteiger charge is -2.03. The third kappa shape index (κ3) is 21.2. The van der Waals surface area contributed by atoms with Crippen LogP contribution in [0.1, 0.15) is 122 Å². The smallest absolute Gasteiger partial charge is 0.0621 e. The van der Waals surface area contributed by atoms with E-state index >= 15 is 0 Å². The van der Waals surface area contributed by atoms with Crippen molar-refractivity contribution in [3.05, 3.63) is 12.7 Å². The van der Waals surface area contributed by atoms with Gasteiger partial charge in [-0.05, 0) is 19.3 Å². The van der Waals surface area contributed by atoms with E-state index in [1.165, 1.54) is 109 Å². The van der Waals surface area contributed by atoms with Crippen LogP contribution in [-0.2, 0) is 0 Å². The van der Waals surface area contributed by atoms with Gasteiger partial charge in [0.2, 0.25) is 0 Å². The molecule has 0 saturated carbocycles. The number of nitriles is 1. The molecule has 0 aliphatic carbocycles. The second kappa shape index (κ2) is 21.2. The number of allylic oxidation sites excluding steroid dienone is 1. The highest BCUT2D eigenvalue weighted by Crippen LogP contribution is 2.14. The molecule has 0 aliphatic heterocycles. The Balaban J connectivity index is 2.95. The van der Waals surface area contributed by atoms with Crippen molar-refractivity contribution in [2.24, 2.45) is 0 Å². The first-order valence-electron chi connectivity index (χ1n) is 10.4. The summed E-state index contributed by atoms with van der Waals surface area (Å²) in [7, 11) is 0. The molecule has 0 saturated heterocycles. The third-order valence-electron chi connectivity index (χ3n) is 4.70. The first-order valence-corrected chi connectivity index (χ1v) is 10.4. The molecular formula is C22H41N. The largest absolute Gasteiger partial charge is 0.198 e. The molecule has 0 aromatic rings. The van der Waals surface area contributed by atoms with Gasteiger partial charge in [0.25, 0.3) is 0 Å². The van der Waals surface area contributed by atoms with Crippen LogP contribution < -0.4 is 0 Å². The van der Waals surface area contributed by atoms with E-state index in [4.69, 9.17) is 5.26 Å². The normalized spacial score (nSPS) is 10.6. The van der Waals surface area contributed by atoms with E-state index in [0.717, 1.165) is 12.8 Å². The fourth-order valence-electron chi connectivity index (χ4n) is 3.14. The van der Waals surface area contributed by atoms with Crippen LogP contribution in [0.5, 0.6) is 0 Å². The van der Waals surface area contributed by atoms with E-state index in [1.807, 2.05) is 6.08 Å². The molecule has 1 nitrogen and oxygen atoms in total. The van der Waals surface area contributed by atoms with Crippen molar-refractivity contribution in [3.63, 3.8) is 0 Å². The summed E-state index contributed by atoms with van der Waals surface area (Å²) in [6.07, 6.45) is 27.6. The predicted molar refractivity (Wildman–Crippen MR) is 104 cm³/mol. The van der Waals surface area contributed by atoms with Crippen LogP contribution in [0.2, 0.25) is 0 Å².